The van der Waals surface area contributed by atoms with Gasteiger partial charge in [0.05, 0.1) is 12.7 Å². The van der Waals surface area contributed by atoms with E-state index in [1.807, 2.05) is 13.1 Å². The van der Waals surface area contributed by atoms with Gasteiger partial charge >= 0.3 is 0 Å². The maximum atomic E-state index is 9.34. The van der Waals surface area contributed by atoms with Crippen LogP contribution in [0, 0.1) is 6.92 Å². The molecule has 0 aliphatic heterocycles. The molecule has 0 spiro atoms. The van der Waals surface area contributed by atoms with Crippen molar-refractivity contribution in [3.8, 4) is 11.8 Å². The lowest BCUT2D eigenvalue weighted by Gasteiger charge is -1.98. The number of hydrogen-bond acceptors (Lipinski definition) is 3. The Morgan fingerprint density at radius 2 is 2.29 bits per heavy atom. The van der Waals surface area contributed by atoms with E-state index in [1.54, 1.807) is 10.9 Å². The second-order valence-corrected chi connectivity index (χ2v) is 3.24. The van der Waals surface area contributed by atoms with Crippen molar-refractivity contribution in [2.24, 2.45) is 0 Å². The fourth-order valence-electron chi connectivity index (χ4n) is 1.32. The van der Waals surface area contributed by atoms with E-state index in [0.717, 1.165) is 5.56 Å². The highest BCUT2D eigenvalue weighted by molar-refractivity contribution is 5.32. The van der Waals surface area contributed by atoms with Gasteiger partial charge in [-0.25, -0.2) is 0 Å². The largest absolute Gasteiger partial charge is 0.495 e. The fraction of sp³-hybridized carbons (Fsp3) is 0.222. The lowest BCUT2D eigenvalue weighted by atomic mass is 10.3. The Morgan fingerprint density at radius 3 is 2.79 bits per heavy atom. The number of aromatic hydroxyl groups is 2. The SMILES string of the molecule is Cc1cnn(Cc2cc(O)[nH]c2O)c1. The molecule has 0 aliphatic rings. The quantitative estimate of drug-likeness (QED) is 0.665. The van der Waals surface area contributed by atoms with Crippen molar-refractivity contribution in [1.82, 2.24) is 14.8 Å². The minimum absolute atomic E-state index is 0.0179. The third kappa shape index (κ3) is 1.56. The van der Waals surface area contributed by atoms with Crippen LogP contribution < -0.4 is 0 Å². The first-order valence-electron chi connectivity index (χ1n) is 4.24. The van der Waals surface area contributed by atoms with Crippen molar-refractivity contribution in [3.63, 3.8) is 0 Å². The Hall–Kier alpha value is -1.91. The Bertz CT molecular complexity index is 445. The highest BCUT2D eigenvalue weighted by Gasteiger charge is 2.06. The van der Waals surface area contributed by atoms with E-state index in [4.69, 9.17) is 5.11 Å². The molecule has 3 N–H and O–H groups in total. The van der Waals surface area contributed by atoms with E-state index in [0.29, 0.717) is 12.1 Å². The van der Waals surface area contributed by atoms with Crippen LogP contribution in [0.2, 0.25) is 0 Å². The van der Waals surface area contributed by atoms with Gasteiger partial charge in [0, 0.05) is 17.8 Å². The van der Waals surface area contributed by atoms with E-state index >= 15 is 0 Å². The van der Waals surface area contributed by atoms with Crippen LogP contribution in [0.4, 0.5) is 0 Å². The summed E-state index contributed by atoms with van der Waals surface area (Å²) in [6.07, 6.45) is 3.60. The first kappa shape index (κ1) is 8.68. The minimum atomic E-state index is -0.0404. The van der Waals surface area contributed by atoms with E-state index in [9.17, 15) is 5.11 Å². The number of nitrogens with zero attached hydrogens (tertiary/aromatic N) is 2. The van der Waals surface area contributed by atoms with E-state index in [1.165, 1.54) is 6.07 Å². The Kier molecular flexibility index (Phi) is 1.92. The molecular weight excluding hydrogens is 182 g/mol. The monoisotopic (exact) mass is 193 g/mol. The van der Waals surface area contributed by atoms with Gasteiger partial charge in [0.15, 0.2) is 11.8 Å². The zero-order valence-electron chi connectivity index (χ0n) is 7.73. The number of aromatic nitrogens is 3. The van der Waals surface area contributed by atoms with Crippen LogP contribution in [-0.2, 0) is 6.54 Å². The van der Waals surface area contributed by atoms with E-state index in [-0.39, 0.29) is 11.8 Å². The summed E-state index contributed by atoms with van der Waals surface area (Å²) in [4.78, 5) is 2.40. The van der Waals surface area contributed by atoms with E-state index in [2.05, 4.69) is 10.1 Å². The molecule has 0 bridgehead atoms. The van der Waals surface area contributed by atoms with Gasteiger partial charge in [0.2, 0.25) is 0 Å². The molecule has 2 rings (SSSR count). The number of nitrogens with one attached hydrogen (secondary N) is 1. The summed E-state index contributed by atoms with van der Waals surface area (Å²) >= 11 is 0. The van der Waals surface area contributed by atoms with E-state index < -0.39 is 0 Å². The summed E-state index contributed by atoms with van der Waals surface area (Å²) in [6.45, 7) is 2.38. The van der Waals surface area contributed by atoms with Crippen LogP contribution >= 0.6 is 0 Å². The van der Waals surface area contributed by atoms with Gasteiger partial charge in [-0.05, 0) is 12.5 Å². The van der Waals surface area contributed by atoms with Crippen LogP contribution in [0.25, 0.3) is 0 Å². The van der Waals surface area contributed by atoms with Crippen molar-refractivity contribution in [1.29, 1.82) is 0 Å². The summed E-state index contributed by atoms with van der Waals surface area (Å²) in [5.41, 5.74) is 1.68. The minimum Gasteiger partial charge on any atom is -0.495 e. The van der Waals surface area contributed by atoms with Crippen molar-refractivity contribution in [2.75, 3.05) is 0 Å². The molecule has 5 heteroatoms. The highest BCUT2D eigenvalue weighted by atomic mass is 16.3. The summed E-state index contributed by atoms with van der Waals surface area (Å²) in [7, 11) is 0. The molecule has 2 aromatic heterocycles. The van der Waals surface area contributed by atoms with Gasteiger partial charge < -0.3 is 10.2 Å². The Morgan fingerprint density at radius 1 is 1.50 bits per heavy atom. The molecule has 0 aromatic carbocycles. The van der Waals surface area contributed by atoms with Crippen molar-refractivity contribution in [2.45, 2.75) is 13.5 Å². The molecule has 0 radical (unpaired) electrons. The van der Waals surface area contributed by atoms with Crippen LogP contribution in [0.15, 0.2) is 18.5 Å². The third-order valence-electron chi connectivity index (χ3n) is 1.96. The average molecular weight is 193 g/mol. The summed E-state index contributed by atoms with van der Waals surface area (Å²) in [5, 5.41) is 22.5. The van der Waals surface area contributed by atoms with Gasteiger partial charge in [-0.1, -0.05) is 0 Å². The van der Waals surface area contributed by atoms with Gasteiger partial charge in [-0.2, -0.15) is 5.10 Å². The van der Waals surface area contributed by atoms with Gasteiger partial charge in [-0.15, -0.1) is 0 Å². The second-order valence-electron chi connectivity index (χ2n) is 3.24. The molecule has 0 fully saturated rings. The Labute approximate surface area is 80.6 Å². The first-order chi connectivity index (χ1) is 6.65. The molecule has 0 atom stereocenters. The van der Waals surface area contributed by atoms with Crippen molar-refractivity contribution < 1.29 is 10.2 Å². The number of aryl methyl sites for hydroxylation is 1. The standard InChI is InChI=1S/C9H11N3O2/c1-6-3-10-12(4-6)5-7-2-8(13)11-9(7)14/h2-4,11,13-14H,5H2,1H3. The predicted octanol–water partition coefficient (Wildman–Crippen LogP) is 0.979. The van der Waals surface area contributed by atoms with Crippen LogP contribution in [0.3, 0.4) is 0 Å². The smallest absolute Gasteiger partial charge is 0.196 e. The summed E-state index contributed by atoms with van der Waals surface area (Å²) < 4.78 is 1.69. The molecule has 5 nitrogen and oxygen atoms in total. The van der Waals surface area contributed by atoms with Crippen molar-refractivity contribution in [3.05, 3.63) is 29.6 Å². The molecule has 0 unspecified atom stereocenters. The normalized spacial score (nSPS) is 10.6. The first-order valence-corrected chi connectivity index (χ1v) is 4.24. The van der Waals surface area contributed by atoms with Gasteiger partial charge in [0.25, 0.3) is 0 Å². The van der Waals surface area contributed by atoms with Crippen LogP contribution in [0.5, 0.6) is 11.8 Å². The number of aromatic amines is 1. The maximum absolute atomic E-state index is 9.34. The molecule has 2 heterocycles. The van der Waals surface area contributed by atoms with Crippen LogP contribution in [-0.4, -0.2) is 25.0 Å². The molecular formula is C9H11N3O2. The summed E-state index contributed by atoms with van der Waals surface area (Å²) in [5.74, 6) is -0.0583. The van der Waals surface area contributed by atoms with Crippen molar-refractivity contribution >= 4 is 0 Å². The molecule has 0 aliphatic carbocycles. The zero-order valence-corrected chi connectivity index (χ0v) is 7.73. The molecule has 74 valence electrons. The fourth-order valence-corrected chi connectivity index (χ4v) is 1.32. The number of rotatable bonds is 2. The molecule has 2 aromatic rings. The molecule has 0 saturated heterocycles. The predicted molar refractivity (Wildman–Crippen MR) is 50.2 cm³/mol. The topological polar surface area (TPSA) is 74.1 Å². The number of H-pyrrole nitrogens is 1. The summed E-state index contributed by atoms with van der Waals surface area (Å²) in [6, 6.07) is 1.48. The lowest BCUT2D eigenvalue weighted by Crippen LogP contribution is -1.98. The molecule has 0 saturated carbocycles. The van der Waals surface area contributed by atoms with Gasteiger partial charge in [-0.3, -0.25) is 9.67 Å². The van der Waals surface area contributed by atoms with Gasteiger partial charge in [0.1, 0.15) is 0 Å². The highest BCUT2D eigenvalue weighted by Crippen LogP contribution is 2.21. The number of hydrogen-bond donors (Lipinski definition) is 3. The van der Waals surface area contributed by atoms with Crippen LogP contribution in [0.1, 0.15) is 11.1 Å². The Balaban J connectivity index is 2.22. The maximum Gasteiger partial charge on any atom is 0.196 e. The average Bonchev–Trinajstić information content (AvgIpc) is 2.61. The second kappa shape index (κ2) is 3.10. The third-order valence-corrected chi connectivity index (χ3v) is 1.96. The molecule has 0 amide bonds. The molecule has 14 heavy (non-hydrogen) atoms. The lowest BCUT2D eigenvalue weighted by molar-refractivity contribution is 0.422. The zero-order chi connectivity index (χ0) is 10.1.